The fourth-order valence-electron chi connectivity index (χ4n) is 12.2. The Bertz CT molecular complexity index is 1460. The summed E-state index contributed by atoms with van der Waals surface area (Å²) in [7, 11) is 0. The molecule has 2 spiro atoms. The molecule has 1 fully saturated rings. The minimum Gasteiger partial charge on any atom is -0.151 e. The van der Waals surface area contributed by atoms with Crippen LogP contribution in [0.15, 0.2) is 112 Å². The van der Waals surface area contributed by atoms with Crippen molar-refractivity contribution in [2.75, 3.05) is 0 Å². The van der Waals surface area contributed by atoms with Crippen LogP contribution < -0.4 is 0 Å². The van der Waals surface area contributed by atoms with Crippen LogP contribution in [0.5, 0.6) is 0 Å². The van der Waals surface area contributed by atoms with Crippen LogP contribution in [0.2, 0.25) is 0 Å². The molecule has 204 valence electrons. The van der Waals surface area contributed by atoms with Crippen molar-refractivity contribution in [1.29, 1.82) is 0 Å². The minimum absolute atomic E-state index is 0.0442. The SMILES string of the molecule is O=NC1CCC2=C(C1)C1(C3=CC=CCC3C3C=CCCC31)C1CC=CCC1C21C2=CC=CCC2C2=C1CCC=C2. The topological polar surface area (TPSA) is 29.4 Å². The van der Waals surface area contributed by atoms with Gasteiger partial charge in [0.2, 0.25) is 0 Å². The summed E-state index contributed by atoms with van der Waals surface area (Å²) in [5.74, 6) is 3.63. The van der Waals surface area contributed by atoms with E-state index in [1.54, 1.807) is 33.4 Å². The van der Waals surface area contributed by atoms with Crippen molar-refractivity contribution in [3.8, 4) is 0 Å². The van der Waals surface area contributed by atoms with Crippen LogP contribution in [0.3, 0.4) is 0 Å². The van der Waals surface area contributed by atoms with E-state index in [-0.39, 0.29) is 16.9 Å². The Morgan fingerprint density at radius 1 is 0.725 bits per heavy atom. The van der Waals surface area contributed by atoms with Gasteiger partial charge < -0.3 is 0 Å². The normalized spacial score (nSPS) is 45.5. The van der Waals surface area contributed by atoms with Crippen LogP contribution in [-0.4, -0.2) is 6.04 Å². The lowest BCUT2D eigenvalue weighted by molar-refractivity contribution is 0.0305. The first kappa shape index (κ1) is 23.9. The highest BCUT2D eigenvalue weighted by Crippen LogP contribution is 2.78. The van der Waals surface area contributed by atoms with Gasteiger partial charge in [0.1, 0.15) is 0 Å². The second-order valence-electron chi connectivity index (χ2n) is 14.1. The molecule has 0 aliphatic heterocycles. The Morgan fingerprint density at radius 3 is 2.48 bits per heavy atom. The number of rotatable bonds is 1. The van der Waals surface area contributed by atoms with Crippen molar-refractivity contribution < 1.29 is 0 Å². The summed E-state index contributed by atoms with van der Waals surface area (Å²) < 4.78 is 0. The fraction of sp³-hybridized carbons (Fsp3) is 0.526. The number of allylic oxidation sites excluding steroid dienone is 17. The van der Waals surface area contributed by atoms with Gasteiger partial charge in [0.15, 0.2) is 0 Å². The van der Waals surface area contributed by atoms with E-state index in [9.17, 15) is 4.91 Å². The van der Waals surface area contributed by atoms with E-state index in [2.05, 4.69) is 78.1 Å². The molecular formula is C38H41NO. The highest BCUT2D eigenvalue weighted by atomic mass is 16.3. The summed E-state index contributed by atoms with van der Waals surface area (Å²) in [5, 5.41) is 3.79. The lowest BCUT2D eigenvalue weighted by Gasteiger charge is -2.63. The highest BCUT2D eigenvalue weighted by Gasteiger charge is 2.70. The van der Waals surface area contributed by atoms with Gasteiger partial charge in [-0.05, 0) is 111 Å². The van der Waals surface area contributed by atoms with E-state index < -0.39 is 0 Å². The first-order valence-corrected chi connectivity index (χ1v) is 16.3. The predicted molar refractivity (Wildman–Crippen MR) is 162 cm³/mol. The number of nitrogens with zero attached hydrogens (tertiary/aromatic N) is 1. The smallest absolute Gasteiger partial charge is 0.0960 e. The quantitative estimate of drug-likeness (QED) is 0.247. The molecular weight excluding hydrogens is 486 g/mol. The monoisotopic (exact) mass is 527 g/mol. The maximum absolute atomic E-state index is 12.3. The third-order valence-corrected chi connectivity index (χ3v) is 13.1. The van der Waals surface area contributed by atoms with E-state index in [0.717, 1.165) is 25.7 Å². The van der Waals surface area contributed by atoms with Crippen molar-refractivity contribution in [2.24, 2.45) is 51.5 Å². The zero-order valence-electron chi connectivity index (χ0n) is 23.6. The number of hydrogen-bond acceptors (Lipinski definition) is 2. The van der Waals surface area contributed by atoms with Gasteiger partial charge in [-0.15, -0.1) is 0 Å². The molecule has 0 aromatic carbocycles. The third-order valence-electron chi connectivity index (χ3n) is 13.1. The van der Waals surface area contributed by atoms with Crippen LogP contribution in [0, 0.1) is 51.2 Å². The zero-order chi connectivity index (χ0) is 26.5. The van der Waals surface area contributed by atoms with Crippen LogP contribution in [0.1, 0.15) is 70.6 Å². The molecule has 2 nitrogen and oxygen atoms in total. The van der Waals surface area contributed by atoms with Gasteiger partial charge in [-0.25, -0.2) is 0 Å². The summed E-state index contributed by atoms with van der Waals surface area (Å²) in [4.78, 5) is 12.3. The summed E-state index contributed by atoms with van der Waals surface area (Å²) in [5.41, 5.74) is 10.5. The van der Waals surface area contributed by atoms with Crippen LogP contribution in [0.25, 0.3) is 0 Å². The van der Waals surface area contributed by atoms with E-state index in [4.69, 9.17) is 0 Å². The molecule has 0 N–H and O–H groups in total. The van der Waals surface area contributed by atoms with Crippen molar-refractivity contribution >= 4 is 0 Å². The predicted octanol–water partition coefficient (Wildman–Crippen LogP) is 9.43. The minimum atomic E-state index is -0.0724. The number of fused-ring (bicyclic) bond motifs is 14. The Morgan fingerprint density at radius 2 is 1.57 bits per heavy atom. The molecule has 9 atom stereocenters. The molecule has 9 unspecified atom stereocenters. The summed E-state index contributed by atoms with van der Waals surface area (Å²) in [6.45, 7) is 0. The number of nitroso groups, excluding NO2 is 1. The van der Waals surface area contributed by atoms with Crippen molar-refractivity contribution in [3.63, 3.8) is 0 Å². The largest absolute Gasteiger partial charge is 0.151 e. The van der Waals surface area contributed by atoms with Gasteiger partial charge in [0.05, 0.1) is 6.04 Å². The zero-order valence-corrected chi connectivity index (χ0v) is 23.6. The average Bonchev–Trinajstić information content (AvgIpc) is 3.49. The molecule has 0 aromatic rings. The molecule has 0 radical (unpaired) electrons. The summed E-state index contributed by atoms with van der Waals surface area (Å²) in [6, 6.07) is -0.0724. The molecule has 0 bridgehead atoms. The standard InChI is InChI=1S/C38H41NO/c40-39-24-21-22-35-36(23-24)38(31-17-7-3-13-27(31)28-14-4-8-18-32(28)38)34-20-10-9-19-33(34)37(35)29-15-5-1-11-25(29)26-12-2-6-16-30(26)37/h1-5,7,9-10,12,14-15,17,24-25,27-28,32-34H,6,8,11,13,16,18-23H2. The first-order chi connectivity index (χ1) is 19.8. The Labute approximate surface area is 239 Å². The molecule has 9 rings (SSSR count). The fourth-order valence-corrected chi connectivity index (χ4v) is 12.2. The second-order valence-corrected chi connectivity index (χ2v) is 14.1. The van der Waals surface area contributed by atoms with Gasteiger partial charge in [-0.3, -0.25) is 0 Å². The molecule has 0 amide bonds. The lowest BCUT2D eigenvalue weighted by atomic mass is 9.40. The third kappa shape index (κ3) is 2.72. The molecule has 40 heavy (non-hydrogen) atoms. The maximum atomic E-state index is 12.3. The van der Waals surface area contributed by atoms with Crippen LogP contribution in [-0.2, 0) is 0 Å². The van der Waals surface area contributed by atoms with E-state index in [1.165, 1.54) is 44.9 Å². The van der Waals surface area contributed by atoms with Gasteiger partial charge in [0.25, 0.3) is 0 Å². The summed E-state index contributed by atoms with van der Waals surface area (Å²) >= 11 is 0. The second kappa shape index (κ2) is 8.63. The van der Waals surface area contributed by atoms with Crippen molar-refractivity contribution in [2.45, 2.75) is 76.7 Å². The van der Waals surface area contributed by atoms with Crippen molar-refractivity contribution in [1.82, 2.24) is 0 Å². The molecule has 2 heteroatoms. The maximum Gasteiger partial charge on any atom is 0.0960 e. The van der Waals surface area contributed by atoms with Crippen LogP contribution in [0.4, 0.5) is 0 Å². The summed E-state index contributed by atoms with van der Waals surface area (Å²) in [6.07, 6.45) is 42.2. The van der Waals surface area contributed by atoms with E-state index in [0.29, 0.717) is 35.5 Å². The number of hydrogen-bond donors (Lipinski definition) is 0. The molecule has 0 heterocycles. The Balaban J connectivity index is 1.40. The molecule has 9 aliphatic rings. The van der Waals surface area contributed by atoms with Gasteiger partial charge >= 0.3 is 0 Å². The lowest BCUT2D eigenvalue weighted by Crippen LogP contribution is -2.56. The molecule has 0 aromatic heterocycles. The average molecular weight is 528 g/mol. The Hall–Kier alpha value is -2.74. The van der Waals surface area contributed by atoms with Gasteiger partial charge in [-0.2, -0.15) is 4.91 Å². The Kier molecular flexibility index (Phi) is 5.16. The van der Waals surface area contributed by atoms with E-state index >= 15 is 0 Å². The van der Waals surface area contributed by atoms with Gasteiger partial charge in [-0.1, -0.05) is 100 Å². The van der Waals surface area contributed by atoms with Gasteiger partial charge in [0, 0.05) is 16.7 Å². The van der Waals surface area contributed by atoms with Crippen molar-refractivity contribution in [3.05, 3.63) is 111 Å². The van der Waals surface area contributed by atoms with E-state index in [1.807, 2.05) is 0 Å². The van der Waals surface area contributed by atoms with Crippen LogP contribution >= 0.6 is 0 Å². The highest BCUT2D eigenvalue weighted by molar-refractivity contribution is 5.65. The molecule has 0 saturated heterocycles. The molecule has 9 aliphatic carbocycles. The molecule has 1 saturated carbocycles. The first-order valence-electron chi connectivity index (χ1n) is 16.3.